The normalized spacial score (nSPS) is 26.9. The number of nitrogens with two attached hydrogens (primary N) is 1. The maximum absolute atomic E-state index is 11.2. The Labute approximate surface area is 73.0 Å². The van der Waals surface area contributed by atoms with Crippen LogP contribution in [-0.2, 0) is 9.59 Å². The van der Waals surface area contributed by atoms with E-state index in [9.17, 15) is 9.59 Å². The first-order valence-electron chi connectivity index (χ1n) is 4.59. The number of carbonyl (C=O) groups is 2. The number of rotatable bonds is 3. The van der Waals surface area contributed by atoms with Crippen LogP contribution in [0.1, 0.15) is 9.16 Å². The lowest BCUT2D eigenvalue weighted by Crippen LogP contribution is -2.30. The molecule has 3 N–H and O–H groups in total. The van der Waals surface area contributed by atoms with Gasteiger partial charge in [-0.2, -0.15) is 0 Å². The predicted molar refractivity (Wildman–Crippen MR) is 41.0 cm³/mol. The molecule has 12 heavy (non-hydrogen) atoms. The minimum absolute atomic E-state index is 0.00537. The number of nitrogens with zero attached hydrogens (tertiary/aromatic N) is 1. The van der Waals surface area contributed by atoms with Crippen molar-refractivity contribution in [1.29, 1.82) is 0 Å². The molecule has 1 unspecified atom stereocenters. The number of aliphatic hydroxyl groups is 1. The van der Waals surface area contributed by atoms with Crippen LogP contribution in [0.25, 0.3) is 0 Å². The third-order valence-corrected chi connectivity index (χ3v) is 1.88. The molecule has 0 aliphatic carbocycles. The zero-order valence-corrected chi connectivity index (χ0v) is 6.49. The van der Waals surface area contributed by atoms with Crippen molar-refractivity contribution in [3.63, 3.8) is 0 Å². The molecular weight excluding hydrogens is 160 g/mol. The summed E-state index contributed by atoms with van der Waals surface area (Å²) in [6.07, 6.45) is 0.00537. The Morgan fingerprint density at radius 1 is 1.92 bits per heavy atom. The Balaban J connectivity index is 2.58. The summed E-state index contributed by atoms with van der Waals surface area (Å²) in [6.45, 7) is -2.76. The highest BCUT2D eigenvalue weighted by Crippen LogP contribution is 2.16. The molecule has 0 saturated carbocycles. The average Bonchev–Trinajstić information content (AvgIpc) is 2.29. The number of likely N-dealkylation sites (tertiary alicyclic amines) is 1. The van der Waals surface area contributed by atoms with Gasteiger partial charge in [0.25, 0.3) is 0 Å². The Hall–Kier alpha value is -1.10. The van der Waals surface area contributed by atoms with Gasteiger partial charge in [0.2, 0.25) is 11.8 Å². The van der Waals surface area contributed by atoms with Gasteiger partial charge in [-0.3, -0.25) is 9.59 Å². The van der Waals surface area contributed by atoms with Crippen molar-refractivity contribution in [2.45, 2.75) is 6.42 Å². The van der Waals surface area contributed by atoms with Crippen LogP contribution in [0.15, 0.2) is 0 Å². The van der Waals surface area contributed by atoms with E-state index in [1.165, 1.54) is 0 Å². The van der Waals surface area contributed by atoms with E-state index in [0.717, 1.165) is 4.90 Å². The van der Waals surface area contributed by atoms with E-state index in [2.05, 4.69) is 0 Å². The molecule has 1 saturated heterocycles. The molecule has 0 aromatic heterocycles. The van der Waals surface area contributed by atoms with Crippen molar-refractivity contribution >= 4 is 11.8 Å². The van der Waals surface area contributed by atoms with Crippen LogP contribution >= 0.6 is 0 Å². The lowest BCUT2D eigenvalue weighted by Gasteiger charge is -2.13. The van der Waals surface area contributed by atoms with Gasteiger partial charge in [-0.15, -0.1) is 0 Å². The predicted octanol–water partition coefficient (Wildman–Crippen LogP) is -1.69. The average molecular weight is 174 g/mol. The van der Waals surface area contributed by atoms with E-state index < -0.39 is 24.9 Å². The van der Waals surface area contributed by atoms with Crippen LogP contribution in [0.2, 0.25) is 0 Å². The van der Waals surface area contributed by atoms with Crippen molar-refractivity contribution in [2.75, 3.05) is 19.6 Å². The second kappa shape index (κ2) is 3.53. The highest BCUT2D eigenvalue weighted by Gasteiger charge is 2.32. The third-order valence-electron chi connectivity index (χ3n) is 1.88. The Kier molecular flexibility index (Phi) is 1.89. The Bertz CT molecular complexity index is 264. The zero-order valence-electron chi connectivity index (χ0n) is 8.49. The number of β-amino-alcohol motifs (C(OH)–C–C–N with tert-alkyl or cyclic N) is 1. The minimum Gasteiger partial charge on any atom is -0.395 e. The highest BCUT2D eigenvalue weighted by molar-refractivity contribution is 5.88. The minimum atomic E-state index is -2.43. The first-order chi connectivity index (χ1) is 6.29. The molecule has 1 heterocycles. The van der Waals surface area contributed by atoms with Gasteiger partial charge < -0.3 is 15.7 Å². The maximum atomic E-state index is 11.2. The number of hydrogen-bond acceptors (Lipinski definition) is 3. The van der Waals surface area contributed by atoms with Crippen LogP contribution in [0, 0.1) is 5.92 Å². The molecule has 5 nitrogen and oxygen atoms in total. The van der Waals surface area contributed by atoms with Gasteiger partial charge in [-0.25, -0.2) is 0 Å². The fourth-order valence-corrected chi connectivity index (χ4v) is 1.20. The zero-order chi connectivity index (χ0) is 10.9. The molecule has 1 atom stereocenters. The Morgan fingerprint density at radius 3 is 3.00 bits per heavy atom. The SMILES string of the molecule is [2H]C([2H])(O)CN1CC(C(N)=O)CC1=O. The third kappa shape index (κ3) is 1.73. The van der Waals surface area contributed by atoms with E-state index in [1.807, 2.05) is 0 Å². The van der Waals surface area contributed by atoms with Crippen molar-refractivity contribution in [3.8, 4) is 0 Å². The smallest absolute Gasteiger partial charge is 0.223 e. The molecule has 68 valence electrons. The molecule has 1 rings (SSSR count). The van der Waals surface area contributed by atoms with Crippen LogP contribution in [0.3, 0.4) is 0 Å². The molecule has 2 amide bonds. The molecule has 5 heteroatoms. The lowest BCUT2D eigenvalue weighted by atomic mass is 10.1. The molecule has 0 aromatic rings. The van der Waals surface area contributed by atoms with E-state index in [0.29, 0.717) is 0 Å². The van der Waals surface area contributed by atoms with Gasteiger partial charge in [-0.1, -0.05) is 0 Å². The van der Waals surface area contributed by atoms with Crippen LogP contribution in [-0.4, -0.2) is 41.5 Å². The summed E-state index contributed by atoms with van der Waals surface area (Å²) >= 11 is 0. The van der Waals surface area contributed by atoms with Crippen LogP contribution in [0.5, 0.6) is 0 Å². The fraction of sp³-hybridized carbons (Fsp3) is 0.714. The first kappa shape index (κ1) is 6.42. The number of amides is 2. The largest absolute Gasteiger partial charge is 0.395 e. The van der Waals surface area contributed by atoms with Crippen molar-refractivity contribution in [1.82, 2.24) is 4.90 Å². The Morgan fingerprint density at radius 2 is 2.58 bits per heavy atom. The van der Waals surface area contributed by atoms with Gasteiger partial charge >= 0.3 is 0 Å². The summed E-state index contributed by atoms with van der Waals surface area (Å²) in [7, 11) is 0. The summed E-state index contributed by atoms with van der Waals surface area (Å²) < 4.78 is 13.7. The van der Waals surface area contributed by atoms with Crippen LogP contribution < -0.4 is 5.73 Å². The van der Waals surface area contributed by atoms with Gasteiger partial charge in [0, 0.05) is 19.5 Å². The maximum Gasteiger partial charge on any atom is 0.223 e. The summed E-state index contributed by atoms with van der Waals surface area (Å²) in [6, 6.07) is 0. The molecular formula is C7H12N2O3. The molecule has 1 fully saturated rings. The van der Waals surface area contributed by atoms with Gasteiger partial charge in [0.1, 0.15) is 0 Å². The van der Waals surface area contributed by atoms with E-state index in [-0.39, 0.29) is 18.9 Å². The first-order valence-corrected chi connectivity index (χ1v) is 3.59. The quantitative estimate of drug-likeness (QED) is 0.535. The van der Waals surface area contributed by atoms with Gasteiger partial charge in [-0.05, 0) is 0 Å². The van der Waals surface area contributed by atoms with Gasteiger partial charge in [0.05, 0.1) is 15.2 Å². The molecule has 0 radical (unpaired) electrons. The standard InChI is InChI=1S/C7H12N2O3/c8-7(12)5-3-6(11)9(4-5)1-2-10/h5,10H,1-4H2,(H2,8,12)/i2D2. The summed E-state index contributed by atoms with van der Waals surface area (Å²) in [5.74, 6) is -1.49. The summed E-state index contributed by atoms with van der Waals surface area (Å²) in [4.78, 5) is 23.1. The van der Waals surface area contributed by atoms with E-state index >= 15 is 0 Å². The van der Waals surface area contributed by atoms with E-state index in [4.69, 9.17) is 13.6 Å². The van der Waals surface area contributed by atoms with Crippen molar-refractivity contribution in [2.24, 2.45) is 11.7 Å². The molecule has 0 bridgehead atoms. The lowest BCUT2D eigenvalue weighted by molar-refractivity contribution is -0.128. The van der Waals surface area contributed by atoms with Gasteiger partial charge in [0.15, 0.2) is 0 Å². The second-order valence-electron chi connectivity index (χ2n) is 2.74. The number of primary amides is 1. The van der Waals surface area contributed by atoms with Crippen molar-refractivity contribution in [3.05, 3.63) is 0 Å². The van der Waals surface area contributed by atoms with Crippen LogP contribution in [0.4, 0.5) is 0 Å². The molecule has 1 aliphatic rings. The summed E-state index contributed by atoms with van der Waals surface area (Å²) in [5.41, 5.74) is 5.01. The topological polar surface area (TPSA) is 83.6 Å². The van der Waals surface area contributed by atoms with E-state index in [1.54, 1.807) is 0 Å². The molecule has 0 aromatic carbocycles. The molecule has 1 aliphatic heterocycles. The highest BCUT2D eigenvalue weighted by atomic mass is 16.3. The number of hydrogen-bond donors (Lipinski definition) is 2. The number of carbonyl (C=O) groups excluding carboxylic acids is 2. The summed E-state index contributed by atoms with van der Waals surface area (Å²) in [5, 5.41) is 8.84. The van der Waals surface area contributed by atoms with Crippen molar-refractivity contribution < 1.29 is 17.4 Å². The second-order valence-corrected chi connectivity index (χ2v) is 2.74. The molecule has 0 spiro atoms. The monoisotopic (exact) mass is 174 g/mol. The fourth-order valence-electron chi connectivity index (χ4n) is 1.20.